The van der Waals surface area contributed by atoms with E-state index in [1.165, 1.54) is 28.8 Å². The summed E-state index contributed by atoms with van der Waals surface area (Å²) in [5, 5.41) is 5.19. The molecule has 2 amide bonds. The Morgan fingerprint density at radius 3 is 2.50 bits per heavy atom. The van der Waals surface area contributed by atoms with Crippen LogP contribution in [0.4, 0.5) is 26.2 Å². The van der Waals surface area contributed by atoms with Crippen LogP contribution in [0.1, 0.15) is 5.56 Å². The summed E-state index contributed by atoms with van der Waals surface area (Å²) in [5.74, 6) is -0.439. The molecule has 8 heteroatoms. The van der Waals surface area contributed by atoms with E-state index in [1.54, 1.807) is 24.3 Å². The first-order chi connectivity index (χ1) is 11.3. The molecule has 0 saturated carbocycles. The maximum Gasteiger partial charge on any atom is 0.323 e. The first-order valence-corrected chi connectivity index (χ1v) is 9.12. The third-order valence-corrected chi connectivity index (χ3v) is 4.85. The zero-order valence-electron chi connectivity index (χ0n) is 12.9. The second-order valence-electron chi connectivity index (χ2n) is 5.52. The molecule has 24 heavy (non-hydrogen) atoms. The lowest BCUT2D eigenvalue weighted by Crippen LogP contribution is -2.27. The fourth-order valence-electron chi connectivity index (χ4n) is 2.65. The minimum absolute atomic E-state index is 0.344. The van der Waals surface area contributed by atoms with E-state index in [0.717, 1.165) is 5.56 Å². The second-order valence-corrected chi connectivity index (χ2v) is 7.42. The van der Waals surface area contributed by atoms with Gasteiger partial charge in [0.2, 0.25) is 10.0 Å². The molecule has 0 spiro atoms. The molecule has 0 atom stereocenters. The second kappa shape index (κ2) is 6.12. The van der Waals surface area contributed by atoms with Crippen molar-refractivity contribution >= 4 is 33.1 Å². The molecule has 2 aromatic rings. The van der Waals surface area contributed by atoms with Crippen molar-refractivity contribution in [2.24, 2.45) is 0 Å². The zero-order chi connectivity index (χ0) is 17.3. The van der Waals surface area contributed by atoms with Crippen LogP contribution in [0.2, 0.25) is 0 Å². The Bertz CT molecular complexity index is 899. The molecule has 1 aliphatic heterocycles. The quantitative estimate of drug-likeness (QED) is 0.894. The van der Waals surface area contributed by atoms with Gasteiger partial charge in [-0.3, -0.25) is 4.31 Å². The van der Waals surface area contributed by atoms with Gasteiger partial charge in [0.25, 0.3) is 0 Å². The number of hydrogen-bond acceptors (Lipinski definition) is 3. The van der Waals surface area contributed by atoms with Crippen molar-refractivity contribution in [2.45, 2.75) is 6.42 Å². The Labute approximate surface area is 139 Å². The monoisotopic (exact) mass is 349 g/mol. The lowest BCUT2D eigenvalue weighted by atomic mass is 10.1. The fourth-order valence-corrected chi connectivity index (χ4v) is 3.61. The lowest BCUT2D eigenvalue weighted by Gasteiger charge is -2.16. The minimum atomic E-state index is -3.30. The fraction of sp³-hybridized carbons (Fsp3) is 0.188. The Hall–Kier alpha value is -2.61. The molecule has 0 bridgehead atoms. The predicted molar refractivity (Wildman–Crippen MR) is 91.4 cm³/mol. The van der Waals surface area contributed by atoms with Gasteiger partial charge in [0.15, 0.2) is 0 Å². The summed E-state index contributed by atoms with van der Waals surface area (Å²) in [6.07, 6.45) is 1.75. The molecule has 2 aromatic carbocycles. The van der Waals surface area contributed by atoms with Crippen LogP contribution in [0, 0.1) is 5.82 Å². The summed E-state index contributed by atoms with van der Waals surface area (Å²) < 4.78 is 37.9. The van der Waals surface area contributed by atoms with Gasteiger partial charge < -0.3 is 10.6 Å². The van der Waals surface area contributed by atoms with Gasteiger partial charge in [0, 0.05) is 17.9 Å². The zero-order valence-corrected chi connectivity index (χ0v) is 13.7. The maximum absolute atomic E-state index is 13.1. The number of carbonyl (C=O) groups excluding carboxylic acids is 1. The molecule has 0 radical (unpaired) electrons. The van der Waals surface area contributed by atoms with Crippen LogP contribution in [-0.4, -0.2) is 27.2 Å². The smallest absolute Gasteiger partial charge is 0.308 e. The largest absolute Gasteiger partial charge is 0.323 e. The van der Waals surface area contributed by atoms with E-state index in [9.17, 15) is 17.6 Å². The van der Waals surface area contributed by atoms with Gasteiger partial charge >= 0.3 is 6.03 Å². The highest BCUT2D eigenvalue weighted by Crippen LogP contribution is 2.32. The SMILES string of the molecule is CS(=O)(=O)N1CCc2cc(NC(=O)Nc3cccc(F)c3)ccc21. The van der Waals surface area contributed by atoms with Crippen molar-refractivity contribution in [2.75, 3.05) is 27.7 Å². The highest BCUT2D eigenvalue weighted by Gasteiger charge is 2.26. The number of nitrogens with one attached hydrogen (secondary N) is 2. The Morgan fingerprint density at radius 1 is 1.12 bits per heavy atom. The van der Waals surface area contributed by atoms with Crippen LogP contribution in [0.25, 0.3) is 0 Å². The van der Waals surface area contributed by atoms with Crippen LogP contribution in [0.3, 0.4) is 0 Å². The summed E-state index contributed by atoms with van der Waals surface area (Å²) in [6, 6.07) is 10.1. The molecule has 1 aliphatic rings. The summed E-state index contributed by atoms with van der Waals surface area (Å²) >= 11 is 0. The first-order valence-electron chi connectivity index (χ1n) is 7.27. The van der Waals surface area contributed by atoms with Crippen molar-refractivity contribution in [1.82, 2.24) is 0 Å². The molecule has 3 rings (SSSR count). The molecule has 6 nitrogen and oxygen atoms in total. The number of fused-ring (bicyclic) bond motifs is 1. The number of rotatable bonds is 3. The van der Waals surface area contributed by atoms with Crippen LogP contribution < -0.4 is 14.9 Å². The average Bonchev–Trinajstić information content (AvgIpc) is 2.90. The van der Waals surface area contributed by atoms with Gasteiger partial charge in [-0.05, 0) is 48.4 Å². The van der Waals surface area contributed by atoms with Crippen LogP contribution in [0.15, 0.2) is 42.5 Å². The number of anilines is 3. The number of carbonyl (C=O) groups is 1. The van der Waals surface area contributed by atoms with E-state index >= 15 is 0 Å². The molecular formula is C16H16FN3O3S. The third-order valence-electron chi connectivity index (χ3n) is 3.67. The molecule has 2 N–H and O–H groups in total. The summed E-state index contributed by atoms with van der Waals surface area (Å²) in [4.78, 5) is 12.0. The van der Waals surface area contributed by atoms with Gasteiger partial charge in [-0.1, -0.05) is 6.07 Å². The van der Waals surface area contributed by atoms with E-state index in [0.29, 0.717) is 30.0 Å². The van der Waals surface area contributed by atoms with Gasteiger partial charge in [-0.25, -0.2) is 17.6 Å². The standard InChI is InChI=1S/C16H16FN3O3S/c1-24(22,23)20-8-7-11-9-14(5-6-15(11)20)19-16(21)18-13-4-2-3-12(17)10-13/h2-6,9-10H,7-8H2,1H3,(H2,18,19,21). The maximum atomic E-state index is 13.1. The minimum Gasteiger partial charge on any atom is -0.308 e. The van der Waals surface area contributed by atoms with Crippen molar-refractivity contribution < 1.29 is 17.6 Å². The van der Waals surface area contributed by atoms with E-state index < -0.39 is 21.9 Å². The molecular weight excluding hydrogens is 333 g/mol. The van der Waals surface area contributed by atoms with E-state index in [-0.39, 0.29) is 0 Å². The van der Waals surface area contributed by atoms with Crippen molar-refractivity contribution in [1.29, 1.82) is 0 Å². The number of hydrogen-bond donors (Lipinski definition) is 2. The normalized spacial score (nSPS) is 13.5. The third kappa shape index (κ3) is 3.48. The highest BCUT2D eigenvalue weighted by atomic mass is 32.2. The lowest BCUT2D eigenvalue weighted by molar-refractivity contribution is 0.262. The summed E-state index contributed by atoms with van der Waals surface area (Å²) in [7, 11) is -3.30. The number of sulfonamides is 1. The van der Waals surface area contributed by atoms with Crippen LogP contribution >= 0.6 is 0 Å². The molecule has 126 valence electrons. The Kier molecular flexibility index (Phi) is 4.15. The Balaban J connectivity index is 1.72. The molecule has 0 fully saturated rings. The van der Waals surface area contributed by atoms with Gasteiger partial charge in [-0.15, -0.1) is 0 Å². The van der Waals surface area contributed by atoms with Crippen LogP contribution in [0.5, 0.6) is 0 Å². The van der Waals surface area contributed by atoms with Gasteiger partial charge in [-0.2, -0.15) is 0 Å². The van der Waals surface area contributed by atoms with E-state index in [2.05, 4.69) is 10.6 Å². The number of nitrogens with zero attached hydrogens (tertiary/aromatic N) is 1. The number of halogens is 1. The van der Waals surface area contributed by atoms with E-state index in [1.807, 2.05) is 0 Å². The van der Waals surface area contributed by atoms with Gasteiger partial charge in [0.05, 0.1) is 11.9 Å². The van der Waals surface area contributed by atoms with E-state index in [4.69, 9.17) is 0 Å². The first kappa shape index (κ1) is 16.3. The highest BCUT2D eigenvalue weighted by molar-refractivity contribution is 7.92. The number of urea groups is 1. The molecule has 1 heterocycles. The Morgan fingerprint density at radius 2 is 1.83 bits per heavy atom. The molecule has 0 aromatic heterocycles. The number of amides is 2. The van der Waals surface area contributed by atoms with Gasteiger partial charge in [0.1, 0.15) is 5.82 Å². The summed E-state index contributed by atoms with van der Waals surface area (Å²) in [5.41, 5.74) is 2.37. The molecule has 0 saturated heterocycles. The van der Waals surface area contributed by atoms with Crippen molar-refractivity contribution in [3.8, 4) is 0 Å². The number of benzene rings is 2. The van der Waals surface area contributed by atoms with Crippen molar-refractivity contribution in [3.63, 3.8) is 0 Å². The van der Waals surface area contributed by atoms with Crippen molar-refractivity contribution in [3.05, 3.63) is 53.8 Å². The topological polar surface area (TPSA) is 78.5 Å². The summed E-state index contributed by atoms with van der Waals surface area (Å²) in [6.45, 7) is 0.396. The predicted octanol–water partition coefficient (Wildman–Crippen LogP) is 2.79. The average molecular weight is 349 g/mol. The van der Waals surface area contributed by atoms with Crippen LogP contribution in [-0.2, 0) is 16.4 Å². The molecule has 0 aliphatic carbocycles. The molecule has 0 unspecified atom stereocenters.